The number of fused-ring (bicyclic) bond motifs is 1. The van der Waals surface area contributed by atoms with Gasteiger partial charge in [-0.15, -0.1) is 0 Å². The quantitative estimate of drug-likeness (QED) is 0.214. The third kappa shape index (κ3) is 6.95. The summed E-state index contributed by atoms with van der Waals surface area (Å²) in [5.74, 6) is 0.121. The highest BCUT2D eigenvalue weighted by molar-refractivity contribution is 5.97. The molecule has 1 unspecified atom stereocenters. The smallest absolute Gasteiger partial charge is 0.350 e. The molecule has 0 aliphatic heterocycles. The largest absolute Gasteiger partial charge is 0.497 e. The number of nitrogens with one attached hydrogen (secondary N) is 1. The Morgan fingerprint density at radius 3 is 2.44 bits per heavy atom. The second-order valence-electron chi connectivity index (χ2n) is 10.5. The van der Waals surface area contributed by atoms with Gasteiger partial charge in [0.25, 0.3) is 0 Å². The van der Waals surface area contributed by atoms with E-state index in [0.717, 1.165) is 33.2 Å². The lowest BCUT2D eigenvalue weighted by Gasteiger charge is -2.26. The van der Waals surface area contributed by atoms with Gasteiger partial charge < -0.3 is 19.5 Å². The molecular formula is C33H36FNO4. The third-order valence-electron chi connectivity index (χ3n) is 6.52. The molecule has 0 bridgehead atoms. The first kappa shape index (κ1) is 28.1. The van der Waals surface area contributed by atoms with Crippen LogP contribution in [0.2, 0.25) is 0 Å². The average molecular weight is 530 g/mol. The molecule has 0 radical (unpaired) electrons. The number of halogens is 1. The first-order valence-corrected chi connectivity index (χ1v) is 13.2. The highest BCUT2D eigenvalue weighted by atomic mass is 19.1. The molecule has 0 aliphatic rings. The lowest BCUT2D eigenvalue weighted by molar-refractivity contribution is -0.163. The average Bonchev–Trinajstić information content (AvgIpc) is 2.90. The molecular weight excluding hydrogens is 493 g/mol. The van der Waals surface area contributed by atoms with Gasteiger partial charge in [0.05, 0.1) is 13.2 Å². The van der Waals surface area contributed by atoms with Crippen LogP contribution in [0.15, 0.2) is 78.9 Å². The van der Waals surface area contributed by atoms with Crippen LogP contribution in [0.4, 0.5) is 4.39 Å². The Morgan fingerprint density at radius 1 is 0.923 bits per heavy atom. The van der Waals surface area contributed by atoms with Crippen molar-refractivity contribution >= 4 is 16.7 Å². The Balaban J connectivity index is 1.65. The Hall–Kier alpha value is -3.90. The van der Waals surface area contributed by atoms with E-state index in [1.807, 2.05) is 36.4 Å². The number of carbonyl (C=O) groups excluding carboxylic acids is 1. The Kier molecular flexibility index (Phi) is 8.56. The molecule has 0 amide bonds. The fraction of sp³-hybridized carbons (Fsp3) is 0.303. The zero-order valence-electron chi connectivity index (χ0n) is 23.4. The molecule has 0 saturated heterocycles. The van der Waals surface area contributed by atoms with Crippen LogP contribution in [0.3, 0.4) is 0 Å². The van der Waals surface area contributed by atoms with E-state index in [0.29, 0.717) is 12.1 Å². The van der Waals surface area contributed by atoms with E-state index in [4.69, 9.17) is 14.2 Å². The fourth-order valence-corrected chi connectivity index (χ4v) is 4.48. The van der Waals surface area contributed by atoms with Crippen molar-refractivity contribution in [2.75, 3.05) is 7.11 Å². The summed E-state index contributed by atoms with van der Waals surface area (Å²) in [5, 5.41) is 5.63. The van der Waals surface area contributed by atoms with Crippen molar-refractivity contribution in [1.29, 1.82) is 0 Å². The lowest BCUT2D eigenvalue weighted by atomic mass is 9.95. The van der Waals surface area contributed by atoms with Crippen molar-refractivity contribution in [2.24, 2.45) is 0 Å². The summed E-state index contributed by atoms with van der Waals surface area (Å²) in [7, 11) is 1.66. The van der Waals surface area contributed by atoms with Crippen molar-refractivity contribution in [3.05, 3.63) is 95.8 Å². The molecule has 0 heterocycles. The zero-order valence-corrected chi connectivity index (χ0v) is 23.4. The van der Waals surface area contributed by atoms with Crippen molar-refractivity contribution in [3.63, 3.8) is 0 Å². The van der Waals surface area contributed by atoms with Crippen molar-refractivity contribution in [3.8, 4) is 22.6 Å². The fourth-order valence-electron chi connectivity index (χ4n) is 4.48. The number of rotatable bonds is 10. The van der Waals surface area contributed by atoms with Crippen LogP contribution >= 0.6 is 0 Å². The zero-order chi connectivity index (χ0) is 28.2. The van der Waals surface area contributed by atoms with Gasteiger partial charge in [-0.25, -0.2) is 9.18 Å². The lowest BCUT2D eigenvalue weighted by Crippen LogP contribution is -2.40. The minimum Gasteiger partial charge on any atom is -0.497 e. The molecule has 4 rings (SSSR count). The normalized spacial score (nSPS) is 12.4. The van der Waals surface area contributed by atoms with Gasteiger partial charge in [0.15, 0.2) is 5.60 Å². The molecule has 39 heavy (non-hydrogen) atoms. The first-order valence-electron chi connectivity index (χ1n) is 13.2. The van der Waals surface area contributed by atoms with E-state index in [9.17, 15) is 9.18 Å². The van der Waals surface area contributed by atoms with Gasteiger partial charge in [0.2, 0.25) is 0 Å². The number of esters is 1. The van der Waals surface area contributed by atoms with Crippen molar-refractivity contribution < 1.29 is 23.4 Å². The van der Waals surface area contributed by atoms with Gasteiger partial charge in [-0.1, -0.05) is 36.4 Å². The highest BCUT2D eigenvalue weighted by Crippen LogP contribution is 2.34. The summed E-state index contributed by atoms with van der Waals surface area (Å²) >= 11 is 0. The summed E-state index contributed by atoms with van der Waals surface area (Å²) in [5.41, 5.74) is 2.45. The highest BCUT2D eigenvalue weighted by Gasteiger charge is 2.33. The summed E-state index contributed by atoms with van der Waals surface area (Å²) in [6, 6.07) is 24.9. The van der Waals surface area contributed by atoms with Gasteiger partial charge in [-0.3, -0.25) is 0 Å². The summed E-state index contributed by atoms with van der Waals surface area (Å²) in [6.07, 6.45) is -0.280. The molecule has 6 heteroatoms. The van der Waals surface area contributed by atoms with E-state index in [1.165, 1.54) is 12.1 Å². The topological polar surface area (TPSA) is 56.8 Å². The molecule has 5 nitrogen and oxygen atoms in total. The molecule has 0 spiro atoms. The maximum atomic E-state index is 14.9. The molecule has 4 aromatic rings. The van der Waals surface area contributed by atoms with Crippen molar-refractivity contribution in [2.45, 2.75) is 58.9 Å². The van der Waals surface area contributed by atoms with Crippen LogP contribution in [-0.2, 0) is 16.1 Å². The predicted molar refractivity (Wildman–Crippen MR) is 154 cm³/mol. The van der Waals surface area contributed by atoms with Gasteiger partial charge >= 0.3 is 5.97 Å². The minimum absolute atomic E-state index is 0.0945. The number of benzene rings is 4. The van der Waals surface area contributed by atoms with Gasteiger partial charge in [0.1, 0.15) is 17.3 Å². The minimum atomic E-state index is -1.28. The van der Waals surface area contributed by atoms with E-state index < -0.39 is 17.4 Å². The monoisotopic (exact) mass is 529 g/mol. The van der Waals surface area contributed by atoms with E-state index in [1.54, 1.807) is 40.9 Å². The maximum Gasteiger partial charge on any atom is 0.350 e. The Morgan fingerprint density at radius 2 is 1.69 bits per heavy atom. The summed E-state index contributed by atoms with van der Waals surface area (Å²) in [6.45, 7) is 9.51. The second kappa shape index (κ2) is 11.9. The van der Waals surface area contributed by atoms with E-state index >= 15 is 0 Å². The predicted octanol–water partition coefficient (Wildman–Crippen LogP) is 7.61. The molecule has 1 atom stereocenters. The molecule has 4 aromatic carbocycles. The molecule has 0 aliphatic carbocycles. The number of carbonyl (C=O) groups is 1. The molecule has 0 aromatic heterocycles. The van der Waals surface area contributed by atoms with Gasteiger partial charge in [0, 0.05) is 18.7 Å². The van der Waals surface area contributed by atoms with Crippen LogP contribution in [0.5, 0.6) is 11.5 Å². The molecule has 204 valence electrons. The maximum absolute atomic E-state index is 14.9. The number of hydrogen-bond acceptors (Lipinski definition) is 5. The Labute approximate surface area is 229 Å². The third-order valence-corrected chi connectivity index (χ3v) is 6.52. The van der Waals surface area contributed by atoms with Crippen LogP contribution in [-0.4, -0.2) is 24.8 Å². The van der Waals surface area contributed by atoms with Crippen LogP contribution in [0.1, 0.15) is 51.8 Å². The molecule has 0 saturated carbocycles. The number of methoxy groups -OCH3 is 1. The van der Waals surface area contributed by atoms with Crippen molar-refractivity contribution in [1.82, 2.24) is 5.32 Å². The van der Waals surface area contributed by atoms with E-state index in [-0.39, 0.29) is 17.9 Å². The van der Waals surface area contributed by atoms with Crippen LogP contribution in [0, 0.1) is 5.82 Å². The van der Waals surface area contributed by atoms with Crippen LogP contribution < -0.4 is 14.8 Å². The SMILES string of the molecule is COc1cccc(C(C)NCc2cc(-c3cc(F)cc(OC(C)(C)C(=O)OC(C)C)c3)c3ccccc3c2)c1. The van der Waals surface area contributed by atoms with Gasteiger partial charge in [-0.05, 0) is 104 Å². The van der Waals surface area contributed by atoms with E-state index in [2.05, 4.69) is 36.5 Å². The molecule has 1 N–H and O–H groups in total. The standard InChI is InChI=1S/C33H36FNO4/c1-21(2)38-32(36)33(4,5)39-29-18-26(16-27(34)19-29)31-15-23(14-25-10-7-8-13-30(25)31)20-35-22(3)24-11-9-12-28(17-24)37-6/h7-19,21-22,35H,20H2,1-6H3. The van der Waals surface area contributed by atoms with Gasteiger partial charge in [-0.2, -0.15) is 0 Å². The number of ether oxygens (including phenoxy) is 3. The first-order chi connectivity index (χ1) is 18.6. The summed E-state index contributed by atoms with van der Waals surface area (Å²) < 4.78 is 31.5. The number of hydrogen-bond donors (Lipinski definition) is 1. The van der Waals surface area contributed by atoms with Crippen LogP contribution in [0.25, 0.3) is 21.9 Å². The molecule has 0 fully saturated rings. The second-order valence-corrected chi connectivity index (χ2v) is 10.5. The summed E-state index contributed by atoms with van der Waals surface area (Å²) in [4.78, 5) is 12.5. The Bertz CT molecular complexity index is 1460.